The number of hydrogen-bond donors (Lipinski definition) is 1. The zero-order valence-corrected chi connectivity index (χ0v) is 12.7. The monoisotopic (exact) mass is 285 g/mol. The Hall–Kier alpha value is -1.94. The van der Waals surface area contributed by atoms with Gasteiger partial charge in [0.15, 0.2) is 0 Å². The van der Waals surface area contributed by atoms with E-state index in [1.807, 2.05) is 36.5 Å². The van der Waals surface area contributed by atoms with E-state index in [0.29, 0.717) is 4.99 Å². The van der Waals surface area contributed by atoms with Gasteiger partial charge in [-0.25, -0.2) is 0 Å². The van der Waals surface area contributed by atoms with Crippen molar-refractivity contribution in [2.75, 3.05) is 11.4 Å². The fourth-order valence-electron chi connectivity index (χ4n) is 2.31. The van der Waals surface area contributed by atoms with Crippen molar-refractivity contribution in [3.63, 3.8) is 0 Å². The average molecular weight is 285 g/mol. The molecule has 0 amide bonds. The number of pyridine rings is 1. The largest absolute Gasteiger partial charge is 0.389 e. The van der Waals surface area contributed by atoms with E-state index in [1.54, 1.807) is 0 Å². The number of aryl methyl sites for hydroxylation is 1. The molecule has 2 rings (SSSR count). The van der Waals surface area contributed by atoms with Crippen LogP contribution in [0.15, 0.2) is 42.6 Å². The Bertz CT molecular complexity index is 596. The molecule has 4 heteroatoms. The van der Waals surface area contributed by atoms with Crippen molar-refractivity contribution in [1.29, 1.82) is 0 Å². The van der Waals surface area contributed by atoms with Gasteiger partial charge in [0.1, 0.15) is 4.99 Å². The topological polar surface area (TPSA) is 42.2 Å². The van der Waals surface area contributed by atoms with Crippen LogP contribution in [0, 0.1) is 6.92 Å². The maximum absolute atomic E-state index is 5.86. The molecule has 0 bridgehead atoms. The highest BCUT2D eigenvalue weighted by Gasteiger charge is 2.14. The predicted molar refractivity (Wildman–Crippen MR) is 88.0 cm³/mol. The van der Waals surface area contributed by atoms with Gasteiger partial charge in [-0.1, -0.05) is 30.4 Å². The van der Waals surface area contributed by atoms with Crippen molar-refractivity contribution in [2.24, 2.45) is 5.73 Å². The van der Waals surface area contributed by atoms with Crippen LogP contribution in [-0.4, -0.2) is 16.5 Å². The fourth-order valence-corrected chi connectivity index (χ4v) is 2.48. The molecule has 20 heavy (non-hydrogen) atoms. The van der Waals surface area contributed by atoms with Crippen LogP contribution in [0.1, 0.15) is 23.7 Å². The van der Waals surface area contributed by atoms with Crippen molar-refractivity contribution in [1.82, 2.24) is 4.98 Å². The summed E-state index contributed by atoms with van der Waals surface area (Å²) in [6.45, 7) is 5.83. The summed E-state index contributed by atoms with van der Waals surface area (Å²) < 4.78 is 0. The summed E-state index contributed by atoms with van der Waals surface area (Å²) in [5, 5.41) is 0. The van der Waals surface area contributed by atoms with Gasteiger partial charge in [-0.2, -0.15) is 0 Å². The number of benzene rings is 1. The molecule has 0 aliphatic heterocycles. The third kappa shape index (κ3) is 3.14. The fraction of sp³-hybridized carbons (Fsp3) is 0.250. The molecule has 0 radical (unpaired) electrons. The lowest BCUT2D eigenvalue weighted by Gasteiger charge is -2.27. The van der Waals surface area contributed by atoms with E-state index in [4.69, 9.17) is 18.0 Å². The van der Waals surface area contributed by atoms with Crippen molar-refractivity contribution in [3.05, 3.63) is 59.4 Å². The number of nitrogens with two attached hydrogens (primary N) is 1. The van der Waals surface area contributed by atoms with E-state index in [-0.39, 0.29) is 0 Å². The van der Waals surface area contributed by atoms with Crippen LogP contribution in [0.25, 0.3) is 0 Å². The predicted octanol–water partition coefficient (Wildman–Crippen LogP) is 3.05. The molecule has 104 valence electrons. The van der Waals surface area contributed by atoms with Gasteiger partial charge in [0.05, 0.1) is 17.9 Å². The molecule has 2 N–H and O–H groups in total. The van der Waals surface area contributed by atoms with Crippen molar-refractivity contribution >= 4 is 22.9 Å². The molecule has 0 saturated carbocycles. The average Bonchev–Trinajstić information content (AvgIpc) is 2.46. The minimum absolute atomic E-state index is 0.433. The minimum Gasteiger partial charge on any atom is -0.389 e. The van der Waals surface area contributed by atoms with Crippen molar-refractivity contribution in [2.45, 2.75) is 20.4 Å². The van der Waals surface area contributed by atoms with Crippen LogP contribution in [0.3, 0.4) is 0 Å². The van der Waals surface area contributed by atoms with Gasteiger partial charge >= 0.3 is 0 Å². The van der Waals surface area contributed by atoms with E-state index in [0.717, 1.165) is 30.0 Å². The molecule has 0 atom stereocenters. The van der Waals surface area contributed by atoms with Crippen LogP contribution in [-0.2, 0) is 6.54 Å². The van der Waals surface area contributed by atoms with Gasteiger partial charge in [-0.05, 0) is 37.6 Å². The highest BCUT2D eigenvalue weighted by molar-refractivity contribution is 7.80. The third-order valence-electron chi connectivity index (χ3n) is 3.28. The Morgan fingerprint density at radius 3 is 2.65 bits per heavy atom. The molecule has 3 nitrogen and oxygen atoms in total. The zero-order chi connectivity index (χ0) is 14.5. The standard InChI is InChI=1S/C16H19N3S/c1-3-19(11-13-8-4-5-10-18-13)15-12(2)7-6-9-14(15)16(17)20/h4-10H,3,11H2,1-2H3,(H2,17,20). The van der Waals surface area contributed by atoms with E-state index in [9.17, 15) is 0 Å². The maximum Gasteiger partial charge on any atom is 0.106 e. The second kappa shape index (κ2) is 6.48. The van der Waals surface area contributed by atoms with Gasteiger partial charge in [0.2, 0.25) is 0 Å². The summed E-state index contributed by atoms with van der Waals surface area (Å²) in [6, 6.07) is 12.0. The molecule has 0 unspecified atom stereocenters. The summed E-state index contributed by atoms with van der Waals surface area (Å²) in [5.41, 5.74) is 10.1. The maximum atomic E-state index is 5.86. The zero-order valence-electron chi connectivity index (χ0n) is 11.8. The van der Waals surface area contributed by atoms with E-state index < -0.39 is 0 Å². The summed E-state index contributed by atoms with van der Waals surface area (Å²) in [6.07, 6.45) is 1.81. The highest BCUT2D eigenvalue weighted by atomic mass is 32.1. The summed E-state index contributed by atoms with van der Waals surface area (Å²) in [5.74, 6) is 0. The van der Waals surface area contributed by atoms with Gasteiger partial charge in [-0.3, -0.25) is 4.98 Å². The lowest BCUT2D eigenvalue weighted by molar-refractivity contribution is 0.805. The molecule has 2 aromatic rings. The smallest absolute Gasteiger partial charge is 0.106 e. The molecule has 0 saturated heterocycles. The van der Waals surface area contributed by atoms with E-state index in [1.165, 1.54) is 5.56 Å². The first-order valence-electron chi connectivity index (χ1n) is 6.67. The molecule has 1 aromatic carbocycles. The first-order chi connectivity index (χ1) is 9.63. The summed E-state index contributed by atoms with van der Waals surface area (Å²) in [7, 11) is 0. The molecule has 1 aromatic heterocycles. The highest BCUT2D eigenvalue weighted by Crippen LogP contribution is 2.26. The Morgan fingerprint density at radius 2 is 2.05 bits per heavy atom. The molecule has 0 spiro atoms. The van der Waals surface area contributed by atoms with Gasteiger partial charge < -0.3 is 10.6 Å². The quantitative estimate of drug-likeness (QED) is 0.857. The van der Waals surface area contributed by atoms with Crippen LogP contribution in [0.2, 0.25) is 0 Å². The number of aromatic nitrogens is 1. The lowest BCUT2D eigenvalue weighted by Crippen LogP contribution is -2.26. The van der Waals surface area contributed by atoms with Gasteiger partial charge in [0.25, 0.3) is 0 Å². The molecular formula is C16H19N3S. The Kier molecular flexibility index (Phi) is 4.69. The van der Waals surface area contributed by atoms with Crippen LogP contribution >= 0.6 is 12.2 Å². The summed E-state index contributed by atoms with van der Waals surface area (Å²) >= 11 is 5.18. The second-order valence-electron chi connectivity index (χ2n) is 4.67. The van der Waals surface area contributed by atoms with Crippen molar-refractivity contribution in [3.8, 4) is 0 Å². The first kappa shape index (κ1) is 14.5. The number of rotatable bonds is 5. The Balaban J connectivity index is 2.39. The van der Waals surface area contributed by atoms with Crippen LogP contribution in [0.4, 0.5) is 5.69 Å². The number of thiocarbonyl (C=S) groups is 1. The Labute approximate surface area is 125 Å². The second-order valence-corrected chi connectivity index (χ2v) is 5.11. The van der Waals surface area contributed by atoms with E-state index >= 15 is 0 Å². The molecule has 0 aliphatic rings. The van der Waals surface area contributed by atoms with Gasteiger partial charge in [0, 0.05) is 18.3 Å². The normalized spacial score (nSPS) is 10.3. The molecule has 1 heterocycles. The lowest BCUT2D eigenvalue weighted by atomic mass is 10.1. The van der Waals surface area contributed by atoms with E-state index in [2.05, 4.69) is 29.8 Å². The molecule has 0 aliphatic carbocycles. The first-order valence-corrected chi connectivity index (χ1v) is 7.08. The number of para-hydroxylation sites is 1. The Morgan fingerprint density at radius 1 is 1.25 bits per heavy atom. The van der Waals surface area contributed by atoms with Crippen LogP contribution in [0.5, 0.6) is 0 Å². The molecular weight excluding hydrogens is 266 g/mol. The van der Waals surface area contributed by atoms with Crippen molar-refractivity contribution < 1.29 is 0 Å². The number of hydrogen-bond acceptors (Lipinski definition) is 3. The number of anilines is 1. The van der Waals surface area contributed by atoms with Gasteiger partial charge in [-0.15, -0.1) is 0 Å². The number of nitrogens with zero attached hydrogens (tertiary/aromatic N) is 2. The summed E-state index contributed by atoms with van der Waals surface area (Å²) in [4.78, 5) is 7.08. The molecule has 0 fully saturated rings. The minimum atomic E-state index is 0.433. The third-order valence-corrected chi connectivity index (χ3v) is 3.50. The SMILES string of the molecule is CCN(Cc1ccccn1)c1c(C)cccc1C(N)=S. The van der Waals surface area contributed by atoms with Crippen LogP contribution < -0.4 is 10.6 Å².